The van der Waals surface area contributed by atoms with Crippen LogP contribution in [0, 0.1) is 5.92 Å². The van der Waals surface area contributed by atoms with Gasteiger partial charge in [-0.1, -0.05) is 42.9 Å². The molecule has 0 aromatic carbocycles. The van der Waals surface area contributed by atoms with Gasteiger partial charge in [0.05, 0.1) is 0 Å². The summed E-state index contributed by atoms with van der Waals surface area (Å²) in [5.74, 6) is 1.28. The number of thioether (sulfide) groups is 1. The van der Waals surface area contributed by atoms with Crippen LogP contribution < -0.4 is 5.32 Å². The van der Waals surface area contributed by atoms with Crippen LogP contribution >= 0.6 is 23.1 Å². The molecule has 1 N–H and O–H groups in total. The van der Waals surface area contributed by atoms with Crippen molar-refractivity contribution < 1.29 is 4.79 Å². The normalized spacial score (nSPS) is 16.6. The molecule has 2 rings (SSSR count). The van der Waals surface area contributed by atoms with Crippen molar-refractivity contribution in [3.05, 3.63) is 0 Å². The minimum absolute atomic E-state index is 0.113. The van der Waals surface area contributed by atoms with E-state index in [4.69, 9.17) is 0 Å². The average molecular weight is 257 g/mol. The topological polar surface area (TPSA) is 54.9 Å². The first-order valence-corrected chi connectivity index (χ1v) is 7.37. The van der Waals surface area contributed by atoms with Gasteiger partial charge in [-0.2, -0.15) is 0 Å². The number of rotatable bonds is 4. The number of anilines is 1. The van der Waals surface area contributed by atoms with Crippen LogP contribution in [0.3, 0.4) is 0 Å². The van der Waals surface area contributed by atoms with Gasteiger partial charge in [0, 0.05) is 5.92 Å². The summed E-state index contributed by atoms with van der Waals surface area (Å²) in [6.07, 6.45) is 4.37. The number of hydrogen-bond acceptors (Lipinski definition) is 5. The Kier molecular flexibility index (Phi) is 4.17. The van der Waals surface area contributed by atoms with E-state index >= 15 is 0 Å². The van der Waals surface area contributed by atoms with Gasteiger partial charge in [0.2, 0.25) is 11.0 Å². The van der Waals surface area contributed by atoms with Crippen molar-refractivity contribution in [3.63, 3.8) is 0 Å². The van der Waals surface area contributed by atoms with Crippen molar-refractivity contribution >= 4 is 34.1 Å². The van der Waals surface area contributed by atoms with Crippen LogP contribution in [0.25, 0.3) is 0 Å². The fourth-order valence-electron chi connectivity index (χ4n) is 1.84. The number of nitrogens with one attached hydrogen (secondary N) is 1. The zero-order valence-electron chi connectivity index (χ0n) is 9.23. The Balaban J connectivity index is 1.89. The molecule has 88 valence electrons. The summed E-state index contributed by atoms with van der Waals surface area (Å²) in [6, 6.07) is 0. The van der Waals surface area contributed by atoms with Gasteiger partial charge in [-0.05, 0) is 18.6 Å². The molecule has 1 amide bonds. The molecule has 0 spiro atoms. The molecule has 0 saturated heterocycles. The van der Waals surface area contributed by atoms with Gasteiger partial charge in [-0.3, -0.25) is 4.79 Å². The Morgan fingerprint density at radius 2 is 2.25 bits per heavy atom. The molecule has 1 aromatic heterocycles. The predicted octanol–water partition coefficient (Wildman–Crippen LogP) is 2.78. The lowest BCUT2D eigenvalue weighted by molar-refractivity contribution is -0.119. The second kappa shape index (κ2) is 5.63. The van der Waals surface area contributed by atoms with E-state index in [1.807, 2.05) is 0 Å². The molecule has 1 aliphatic rings. The van der Waals surface area contributed by atoms with Crippen molar-refractivity contribution in [2.75, 3.05) is 11.1 Å². The van der Waals surface area contributed by atoms with Gasteiger partial charge in [-0.15, -0.1) is 10.2 Å². The number of carbonyl (C=O) groups is 1. The highest BCUT2D eigenvalue weighted by Crippen LogP contribution is 2.28. The molecule has 0 radical (unpaired) electrons. The number of amides is 1. The first-order valence-electron chi connectivity index (χ1n) is 5.56. The van der Waals surface area contributed by atoms with E-state index in [1.165, 1.54) is 24.2 Å². The molecule has 0 unspecified atom stereocenters. The van der Waals surface area contributed by atoms with Crippen LogP contribution in [-0.2, 0) is 4.79 Å². The molecule has 1 saturated carbocycles. The lowest BCUT2D eigenvalue weighted by Crippen LogP contribution is -2.20. The summed E-state index contributed by atoms with van der Waals surface area (Å²) in [7, 11) is 0. The molecule has 6 heteroatoms. The van der Waals surface area contributed by atoms with Crippen LogP contribution in [0.5, 0.6) is 0 Å². The SMILES string of the molecule is CCSc1nnc(NC(=O)C2CCCC2)s1. The molecule has 4 nitrogen and oxygen atoms in total. The molecule has 0 bridgehead atoms. The zero-order chi connectivity index (χ0) is 11.4. The van der Waals surface area contributed by atoms with Gasteiger partial charge >= 0.3 is 0 Å². The molecule has 0 aliphatic heterocycles. The Hall–Kier alpha value is -0.620. The molecule has 1 aromatic rings. The fourth-order valence-corrected chi connectivity index (χ4v) is 3.49. The largest absolute Gasteiger partial charge is 0.300 e. The lowest BCUT2D eigenvalue weighted by atomic mass is 10.1. The van der Waals surface area contributed by atoms with E-state index in [9.17, 15) is 4.79 Å². The number of nitrogens with zero attached hydrogens (tertiary/aromatic N) is 2. The third-order valence-corrected chi connectivity index (χ3v) is 4.48. The predicted molar refractivity (Wildman–Crippen MR) is 66.9 cm³/mol. The van der Waals surface area contributed by atoms with E-state index in [2.05, 4.69) is 22.4 Å². The monoisotopic (exact) mass is 257 g/mol. The molecule has 16 heavy (non-hydrogen) atoms. The highest BCUT2D eigenvalue weighted by Gasteiger charge is 2.23. The number of aromatic nitrogens is 2. The third-order valence-electron chi connectivity index (χ3n) is 2.63. The highest BCUT2D eigenvalue weighted by atomic mass is 32.2. The average Bonchev–Trinajstić information content (AvgIpc) is 2.89. The summed E-state index contributed by atoms with van der Waals surface area (Å²) in [4.78, 5) is 11.8. The van der Waals surface area contributed by atoms with Crippen molar-refractivity contribution in [2.24, 2.45) is 5.92 Å². The van der Waals surface area contributed by atoms with Gasteiger partial charge in [-0.25, -0.2) is 0 Å². The maximum Gasteiger partial charge on any atom is 0.229 e. The molecule has 0 atom stereocenters. The Morgan fingerprint density at radius 1 is 1.50 bits per heavy atom. The number of carbonyl (C=O) groups excluding carboxylic acids is 1. The van der Waals surface area contributed by atoms with E-state index in [-0.39, 0.29) is 11.8 Å². The standard InChI is InChI=1S/C10H15N3OS2/c1-2-15-10-13-12-9(16-10)11-8(14)7-5-3-4-6-7/h7H,2-6H2,1H3,(H,11,12,14). The van der Waals surface area contributed by atoms with Crippen molar-refractivity contribution in [1.29, 1.82) is 0 Å². The Bertz CT molecular complexity index is 361. The van der Waals surface area contributed by atoms with Crippen molar-refractivity contribution in [2.45, 2.75) is 36.9 Å². The van der Waals surface area contributed by atoms with Gasteiger partial charge in [0.25, 0.3) is 0 Å². The first kappa shape index (κ1) is 11.9. The minimum Gasteiger partial charge on any atom is -0.300 e. The highest BCUT2D eigenvalue weighted by molar-refractivity contribution is 8.01. The van der Waals surface area contributed by atoms with E-state index in [0.29, 0.717) is 5.13 Å². The zero-order valence-corrected chi connectivity index (χ0v) is 10.9. The summed E-state index contributed by atoms with van der Waals surface area (Å²) >= 11 is 3.10. The quantitative estimate of drug-likeness (QED) is 0.665. The third kappa shape index (κ3) is 2.95. The fraction of sp³-hybridized carbons (Fsp3) is 0.700. The first-order chi connectivity index (χ1) is 7.79. The van der Waals surface area contributed by atoms with Crippen LogP contribution in [0.1, 0.15) is 32.6 Å². The van der Waals surface area contributed by atoms with E-state index in [0.717, 1.165) is 22.9 Å². The molecular formula is C10H15N3OS2. The minimum atomic E-state index is 0.113. The van der Waals surface area contributed by atoms with E-state index in [1.54, 1.807) is 11.8 Å². The molecular weight excluding hydrogens is 242 g/mol. The van der Waals surface area contributed by atoms with E-state index < -0.39 is 0 Å². The van der Waals surface area contributed by atoms with Crippen LogP contribution in [0.2, 0.25) is 0 Å². The Morgan fingerprint density at radius 3 is 2.94 bits per heavy atom. The number of hydrogen-bond donors (Lipinski definition) is 1. The van der Waals surface area contributed by atoms with Gasteiger partial charge in [0.15, 0.2) is 4.34 Å². The van der Waals surface area contributed by atoms with Crippen molar-refractivity contribution in [3.8, 4) is 0 Å². The second-order valence-corrected chi connectivity index (χ2v) is 6.27. The van der Waals surface area contributed by atoms with Crippen LogP contribution in [-0.4, -0.2) is 21.9 Å². The lowest BCUT2D eigenvalue weighted by Gasteiger charge is -2.06. The van der Waals surface area contributed by atoms with Crippen LogP contribution in [0.4, 0.5) is 5.13 Å². The second-order valence-electron chi connectivity index (χ2n) is 3.78. The van der Waals surface area contributed by atoms with Crippen molar-refractivity contribution in [1.82, 2.24) is 10.2 Å². The summed E-state index contributed by atoms with van der Waals surface area (Å²) in [6.45, 7) is 2.07. The molecule has 1 fully saturated rings. The molecule has 1 aliphatic carbocycles. The Labute approximate surface area is 103 Å². The maximum absolute atomic E-state index is 11.8. The summed E-state index contributed by atoms with van der Waals surface area (Å²) in [5.41, 5.74) is 0. The van der Waals surface area contributed by atoms with Gasteiger partial charge < -0.3 is 5.32 Å². The maximum atomic E-state index is 11.8. The smallest absolute Gasteiger partial charge is 0.229 e. The summed E-state index contributed by atoms with van der Waals surface area (Å²) < 4.78 is 0.921. The summed E-state index contributed by atoms with van der Waals surface area (Å²) in [5, 5.41) is 11.5. The van der Waals surface area contributed by atoms with Crippen LogP contribution in [0.15, 0.2) is 4.34 Å². The molecule has 1 heterocycles. The van der Waals surface area contributed by atoms with Gasteiger partial charge in [0.1, 0.15) is 0 Å².